The molecule has 0 amide bonds. The molecule has 2 aromatic carbocycles. The summed E-state index contributed by atoms with van der Waals surface area (Å²) in [4.78, 5) is 11.1. The van der Waals surface area contributed by atoms with Gasteiger partial charge in [-0.1, -0.05) is 48.0 Å². The van der Waals surface area contributed by atoms with Crippen LogP contribution in [0.2, 0.25) is 0 Å². The first-order valence-corrected chi connectivity index (χ1v) is 6.71. The number of carbonyl (C=O) groups is 1. The van der Waals surface area contributed by atoms with E-state index >= 15 is 0 Å². The van der Waals surface area contributed by atoms with Crippen molar-refractivity contribution >= 4 is 5.97 Å². The van der Waals surface area contributed by atoms with E-state index in [-0.39, 0.29) is 17.3 Å². The third-order valence-corrected chi connectivity index (χ3v) is 3.36. The van der Waals surface area contributed by atoms with E-state index in [4.69, 9.17) is 5.11 Å². The number of aryl methyl sites for hydroxylation is 1. The van der Waals surface area contributed by atoms with Crippen molar-refractivity contribution in [2.24, 2.45) is 0 Å². The standard InChI is InChI=1S/C18H17FO2/c1-12-5-3-6-14(9-12)17(10-13(2)18(20)21)15-7-4-8-16(19)11-15/h3-11,17H,1-2H3,(H,20,21). The average molecular weight is 284 g/mol. The molecular weight excluding hydrogens is 267 g/mol. The lowest BCUT2D eigenvalue weighted by atomic mass is 9.89. The fraction of sp³-hybridized carbons (Fsp3) is 0.167. The second-order valence-electron chi connectivity index (χ2n) is 5.10. The van der Waals surface area contributed by atoms with E-state index in [1.54, 1.807) is 19.1 Å². The van der Waals surface area contributed by atoms with Crippen molar-refractivity contribution in [3.05, 3.63) is 82.7 Å². The molecule has 0 bridgehead atoms. The highest BCUT2D eigenvalue weighted by Gasteiger charge is 2.14. The fourth-order valence-electron chi connectivity index (χ4n) is 2.27. The summed E-state index contributed by atoms with van der Waals surface area (Å²) in [6.45, 7) is 3.52. The van der Waals surface area contributed by atoms with Crippen molar-refractivity contribution in [3.8, 4) is 0 Å². The van der Waals surface area contributed by atoms with Gasteiger partial charge in [0.15, 0.2) is 0 Å². The van der Waals surface area contributed by atoms with Crippen LogP contribution in [-0.2, 0) is 4.79 Å². The smallest absolute Gasteiger partial charge is 0.330 e. The summed E-state index contributed by atoms with van der Waals surface area (Å²) < 4.78 is 13.5. The molecule has 3 heteroatoms. The number of carboxylic acid groups (broad SMARTS) is 1. The van der Waals surface area contributed by atoms with Crippen LogP contribution in [0.1, 0.15) is 29.5 Å². The van der Waals surface area contributed by atoms with Gasteiger partial charge >= 0.3 is 5.97 Å². The van der Waals surface area contributed by atoms with Gasteiger partial charge in [0.25, 0.3) is 0 Å². The summed E-state index contributed by atoms with van der Waals surface area (Å²) in [6.07, 6.45) is 1.66. The molecule has 2 nitrogen and oxygen atoms in total. The molecule has 0 saturated carbocycles. The van der Waals surface area contributed by atoms with Gasteiger partial charge in [-0.2, -0.15) is 0 Å². The second kappa shape index (κ2) is 6.35. The second-order valence-corrected chi connectivity index (χ2v) is 5.10. The number of halogens is 1. The average Bonchev–Trinajstić information content (AvgIpc) is 2.44. The number of aliphatic carboxylic acids is 1. The van der Waals surface area contributed by atoms with Gasteiger partial charge in [-0.05, 0) is 37.1 Å². The predicted molar refractivity (Wildman–Crippen MR) is 80.8 cm³/mol. The van der Waals surface area contributed by atoms with E-state index in [2.05, 4.69) is 0 Å². The van der Waals surface area contributed by atoms with E-state index < -0.39 is 5.97 Å². The Bertz CT molecular complexity index is 644. The molecule has 1 atom stereocenters. The Labute approximate surface area is 123 Å². The molecule has 21 heavy (non-hydrogen) atoms. The number of carboxylic acids is 1. The monoisotopic (exact) mass is 284 g/mol. The topological polar surface area (TPSA) is 37.3 Å². The molecule has 0 spiro atoms. The molecule has 0 aliphatic rings. The van der Waals surface area contributed by atoms with Crippen LogP contribution in [0, 0.1) is 12.7 Å². The van der Waals surface area contributed by atoms with Crippen molar-refractivity contribution in [2.45, 2.75) is 19.8 Å². The first-order chi connectivity index (χ1) is 9.97. The minimum Gasteiger partial charge on any atom is -0.478 e. The van der Waals surface area contributed by atoms with E-state index in [0.29, 0.717) is 0 Å². The minimum atomic E-state index is -0.968. The van der Waals surface area contributed by atoms with Gasteiger partial charge in [0.1, 0.15) is 5.82 Å². The predicted octanol–water partition coefficient (Wildman–Crippen LogP) is 4.30. The highest BCUT2D eigenvalue weighted by atomic mass is 19.1. The normalized spacial score (nSPS) is 13.0. The SMILES string of the molecule is CC(=CC(c1cccc(C)c1)c1cccc(F)c1)C(=O)O. The molecule has 1 unspecified atom stereocenters. The summed E-state index contributed by atoms with van der Waals surface area (Å²) >= 11 is 0. The summed E-state index contributed by atoms with van der Waals surface area (Å²) in [5, 5.41) is 9.09. The van der Waals surface area contributed by atoms with Crippen LogP contribution >= 0.6 is 0 Å². The molecule has 0 aliphatic carbocycles. The van der Waals surface area contributed by atoms with Gasteiger partial charge in [-0.25, -0.2) is 9.18 Å². The number of allylic oxidation sites excluding steroid dienone is 1. The van der Waals surface area contributed by atoms with Gasteiger partial charge in [0.05, 0.1) is 0 Å². The van der Waals surface area contributed by atoms with E-state index in [9.17, 15) is 9.18 Å². The number of rotatable bonds is 4. The van der Waals surface area contributed by atoms with Crippen molar-refractivity contribution in [1.29, 1.82) is 0 Å². The van der Waals surface area contributed by atoms with Gasteiger partial charge in [-0.3, -0.25) is 0 Å². The van der Waals surface area contributed by atoms with Gasteiger partial charge in [0.2, 0.25) is 0 Å². The highest BCUT2D eigenvalue weighted by molar-refractivity contribution is 5.86. The lowest BCUT2D eigenvalue weighted by Gasteiger charge is -2.15. The molecule has 0 heterocycles. The van der Waals surface area contributed by atoms with Crippen molar-refractivity contribution < 1.29 is 14.3 Å². The largest absolute Gasteiger partial charge is 0.478 e. The number of hydrogen-bond donors (Lipinski definition) is 1. The first-order valence-electron chi connectivity index (χ1n) is 6.71. The van der Waals surface area contributed by atoms with Gasteiger partial charge in [0, 0.05) is 11.5 Å². The van der Waals surface area contributed by atoms with Crippen LogP contribution in [0.5, 0.6) is 0 Å². The van der Waals surface area contributed by atoms with Gasteiger partial charge in [-0.15, -0.1) is 0 Å². The third kappa shape index (κ3) is 3.78. The molecule has 0 fully saturated rings. The van der Waals surface area contributed by atoms with E-state index in [1.165, 1.54) is 12.1 Å². The summed E-state index contributed by atoms with van der Waals surface area (Å²) in [5.41, 5.74) is 3.00. The zero-order valence-corrected chi connectivity index (χ0v) is 12.0. The Kier molecular flexibility index (Phi) is 4.53. The molecule has 0 aliphatic heterocycles. The number of benzene rings is 2. The first kappa shape index (κ1) is 15.0. The van der Waals surface area contributed by atoms with Crippen LogP contribution in [0.3, 0.4) is 0 Å². The van der Waals surface area contributed by atoms with Crippen LogP contribution in [0.25, 0.3) is 0 Å². The molecule has 1 N–H and O–H groups in total. The maximum Gasteiger partial charge on any atom is 0.330 e. The fourth-order valence-corrected chi connectivity index (χ4v) is 2.27. The maximum atomic E-state index is 13.5. The lowest BCUT2D eigenvalue weighted by molar-refractivity contribution is -0.132. The van der Waals surface area contributed by atoms with Gasteiger partial charge < -0.3 is 5.11 Å². The maximum absolute atomic E-state index is 13.5. The van der Waals surface area contributed by atoms with Crippen molar-refractivity contribution in [2.75, 3.05) is 0 Å². The highest BCUT2D eigenvalue weighted by Crippen LogP contribution is 2.28. The molecule has 0 aromatic heterocycles. The Morgan fingerprint density at radius 1 is 1.14 bits per heavy atom. The molecule has 0 radical (unpaired) electrons. The summed E-state index contributed by atoms with van der Waals surface area (Å²) in [6, 6.07) is 14.1. The molecule has 2 rings (SSSR count). The zero-order chi connectivity index (χ0) is 15.4. The van der Waals surface area contributed by atoms with Crippen LogP contribution < -0.4 is 0 Å². The van der Waals surface area contributed by atoms with Crippen LogP contribution in [0.15, 0.2) is 60.2 Å². The molecule has 2 aromatic rings. The Morgan fingerprint density at radius 3 is 2.33 bits per heavy atom. The summed E-state index contributed by atoms with van der Waals surface area (Å²) in [7, 11) is 0. The van der Waals surface area contributed by atoms with Crippen LogP contribution in [-0.4, -0.2) is 11.1 Å². The Balaban J connectivity index is 2.54. The van der Waals surface area contributed by atoms with Crippen molar-refractivity contribution in [3.63, 3.8) is 0 Å². The lowest BCUT2D eigenvalue weighted by Crippen LogP contribution is -2.04. The van der Waals surface area contributed by atoms with E-state index in [0.717, 1.165) is 16.7 Å². The molecule has 0 saturated heterocycles. The number of hydrogen-bond acceptors (Lipinski definition) is 1. The Morgan fingerprint density at radius 2 is 1.76 bits per heavy atom. The third-order valence-electron chi connectivity index (χ3n) is 3.36. The Hall–Kier alpha value is -2.42. The minimum absolute atomic E-state index is 0.241. The van der Waals surface area contributed by atoms with Crippen molar-refractivity contribution in [1.82, 2.24) is 0 Å². The molecule has 108 valence electrons. The quantitative estimate of drug-likeness (QED) is 0.850. The zero-order valence-electron chi connectivity index (χ0n) is 12.0. The summed E-state index contributed by atoms with van der Waals surface area (Å²) in [5.74, 6) is -1.58. The van der Waals surface area contributed by atoms with E-state index in [1.807, 2.05) is 37.3 Å². The van der Waals surface area contributed by atoms with Crippen LogP contribution in [0.4, 0.5) is 4.39 Å². The molecular formula is C18H17FO2.